The number of anilines is 1. The van der Waals surface area contributed by atoms with Gasteiger partial charge < -0.3 is 20.3 Å². The lowest BCUT2D eigenvalue weighted by Gasteiger charge is -2.34. The first-order chi connectivity index (χ1) is 13.1. The number of nitrogens with one attached hydrogen (secondary N) is 2. The summed E-state index contributed by atoms with van der Waals surface area (Å²) in [6.07, 6.45) is 6.50. The van der Waals surface area contributed by atoms with Crippen LogP contribution in [0.2, 0.25) is 0 Å². The average Bonchev–Trinajstić information content (AvgIpc) is 3.10. The van der Waals surface area contributed by atoms with E-state index in [1.807, 2.05) is 19.2 Å². The molecule has 4 rings (SSSR count). The van der Waals surface area contributed by atoms with E-state index in [0.717, 1.165) is 53.9 Å². The molecular weight excluding hydrogens is 345 g/mol. The molecule has 3 heterocycles. The molecule has 6 nitrogen and oxygen atoms in total. The third kappa shape index (κ3) is 3.79. The van der Waals surface area contributed by atoms with Crippen LogP contribution in [-0.4, -0.2) is 39.3 Å². The second kappa shape index (κ2) is 7.62. The highest BCUT2D eigenvalue weighted by atomic mass is 19.1. The molecule has 3 N–H and O–H groups in total. The lowest BCUT2D eigenvalue weighted by molar-refractivity contribution is 0.145. The van der Waals surface area contributed by atoms with Crippen molar-refractivity contribution in [3.63, 3.8) is 0 Å². The van der Waals surface area contributed by atoms with E-state index >= 15 is 0 Å². The van der Waals surface area contributed by atoms with Gasteiger partial charge in [-0.3, -0.25) is 4.98 Å². The third-order valence-electron chi connectivity index (χ3n) is 5.25. The first-order valence-corrected chi connectivity index (χ1v) is 9.34. The van der Waals surface area contributed by atoms with Crippen LogP contribution in [0.4, 0.5) is 10.1 Å². The maximum absolute atomic E-state index is 13.9. The Balaban J connectivity index is 1.52. The Morgan fingerprint density at radius 3 is 2.89 bits per heavy atom. The molecule has 0 spiro atoms. The minimum Gasteiger partial charge on any atom is -0.393 e. The van der Waals surface area contributed by atoms with Crippen molar-refractivity contribution in [3.8, 4) is 0 Å². The number of halogens is 1. The Morgan fingerprint density at radius 2 is 2.07 bits per heavy atom. The van der Waals surface area contributed by atoms with Crippen LogP contribution >= 0.6 is 0 Å². The van der Waals surface area contributed by atoms with Crippen LogP contribution in [0.1, 0.15) is 36.9 Å². The Kier molecular flexibility index (Phi) is 5.05. The minimum atomic E-state index is -0.239. The van der Waals surface area contributed by atoms with Gasteiger partial charge in [0.1, 0.15) is 11.3 Å². The summed E-state index contributed by atoms with van der Waals surface area (Å²) in [5.74, 6) is -0.239. The van der Waals surface area contributed by atoms with Crippen molar-refractivity contribution in [2.45, 2.75) is 38.5 Å². The van der Waals surface area contributed by atoms with Crippen LogP contribution in [0.15, 0.2) is 36.8 Å². The molecule has 1 atom stereocenters. The fourth-order valence-electron chi connectivity index (χ4n) is 3.68. The van der Waals surface area contributed by atoms with Crippen molar-refractivity contribution in [1.29, 1.82) is 0 Å². The first-order valence-electron chi connectivity index (χ1n) is 9.34. The molecule has 0 unspecified atom stereocenters. The van der Waals surface area contributed by atoms with Gasteiger partial charge in [0, 0.05) is 55.5 Å². The largest absolute Gasteiger partial charge is 0.393 e. The molecule has 0 amide bonds. The Labute approximate surface area is 157 Å². The van der Waals surface area contributed by atoms with Gasteiger partial charge >= 0.3 is 0 Å². The van der Waals surface area contributed by atoms with Gasteiger partial charge in [0.2, 0.25) is 0 Å². The first kappa shape index (κ1) is 17.9. The molecule has 27 heavy (non-hydrogen) atoms. The fourth-order valence-corrected chi connectivity index (χ4v) is 3.68. The summed E-state index contributed by atoms with van der Waals surface area (Å²) in [5.41, 5.74) is 4.60. The summed E-state index contributed by atoms with van der Waals surface area (Å²) in [7, 11) is 0. The molecule has 3 aromatic rings. The van der Waals surface area contributed by atoms with E-state index in [1.165, 1.54) is 6.07 Å². The summed E-state index contributed by atoms with van der Waals surface area (Å²) >= 11 is 0. The van der Waals surface area contributed by atoms with Crippen molar-refractivity contribution in [3.05, 3.63) is 53.7 Å². The maximum atomic E-state index is 13.9. The molecule has 0 saturated carbocycles. The lowest BCUT2D eigenvalue weighted by atomic mass is 10.0. The van der Waals surface area contributed by atoms with Gasteiger partial charge in [-0.05, 0) is 43.5 Å². The second-order valence-electron chi connectivity index (χ2n) is 7.09. The van der Waals surface area contributed by atoms with E-state index in [-0.39, 0.29) is 18.0 Å². The molecule has 1 aliphatic heterocycles. The summed E-state index contributed by atoms with van der Waals surface area (Å²) < 4.78 is 13.9. The number of aliphatic hydroxyl groups excluding tert-OH is 1. The number of rotatable bonds is 5. The highest BCUT2D eigenvalue weighted by molar-refractivity contribution is 5.74. The second-order valence-corrected chi connectivity index (χ2v) is 7.09. The fraction of sp³-hybridized carbons (Fsp3) is 0.400. The highest BCUT2D eigenvalue weighted by Crippen LogP contribution is 2.30. The van der Waals surface area contributed by atoms with Gasteiger partial charge in [0.15, 0.2) is 5.65 Å². The Hall–Kier alpha value is -2.51. The summed E-state index contributed by atoms with van der Waals surface area (Å²) in [6.45, 7) is 4.21. The number of aromatic nitrogens is 3. The molecule has 7 heteroatoms. The topological polar surface area (TPSA) is 77.1 Å². The summed E-state index contributed by atoms with van der Waals surface area (Å²) in [4.78, 5) is 14.0. The van der Waals surface area contributed by atoms with Crippen molar-refractivity contribution in [2.75, 3.05) is 18.0 Å². The molecule has 1 saturated heterocycles. The van der Waals surface area contributed by atoms with Gasteiger partial charge in [-0.1, -0.05) is 0 Å². The van der Waals surface area contributed by atoms with E-state index in [0.29, 0.717) is 6.54 Å². The zero-order valence-electron chi connectivity index (χ0n) is 15.3. The molecule has 1 fully saturated rings. The highest BCUT2D eigenvalue weighted by Gasteiger charge is 2.22. The zero-order chi connectivity index (χ0) is 18.8. The van der Waals surface area contributed by atoms with Crippen LogP contribution in [0.3, 0.4) is 0 Å². The van der Waals surface area contributed by atoms with Gasteiger partial charge in [-0.25, -0.2) is 9.37 Å². The lowest BCUT2D eigenvalue weighted by Crippen LogP contribution is -2.37. The number of piperidine rings is 1. The predicted octanol–water partition coefficient (Wildman–Crippen LogP) is 2.91. The van der Waals surface area contributed by atoms with E-state index < -0.39 is 0 Å². The van der Waals surface area contributed by atoms with E-state index in [9.17, 15) is 9.50 Å². The van der Waals surface area contributed by atoms with E-state index in [4.69, 9.17) is 0 Å². The number of nitrogens with zero attached hydrogens (tertiary/aromatic N) is 3. The van der Waals surface area contributed by atoms with Gasteiger partial charge in [0.25, 0.3) is 0 Å². The standard InChI is InChI=1S/C20H24FN5O/c1-13(24-11-14-12-25-20-19(14)22-6-7-23-20)17-10-15(21)2-3-18(17)26-8-4-16(27)5-9-26/h2-3,6-7,10,12-13,16,24,27H,4-5,8-9,11H2,1H3,(H,23,25)/t13-/m0/s1. The molecule has 142 valence electrons. The van der Waals surface area contributed by atoms with Gasteiger partial charge in [-0.15, -0.1) is 0 Å². The molecule has 1 aromatic carbocycles. The molecule has 1 aliphatic rings. The van der Waals surface area contributed by atoms with Crippen LogP contribution in [-0.2, 0) is 6.54 Å². The van der Waals surface area contributed by atoms with Crippen LogP contribution in [0, 0.1) is 5.82 Å². The van der Waals surface area contributed by atoms with Crippen LogP contribution in [0.5, 0.6) is 0 Å². The van der Waals surface area contributed by atoms with Crippen molar-refractivity contribution < 1.29 is 9.50 Å². The van der Waals surface area contributed by atoms with Gasteiger partial charge in [0.05, 0.1) is 6.10 Å². The number of aromatic amines is 1. The SMILES string of the molecule is C[C@H](NCc1c[nH]c2nccnc12)c1cc(F)ccc1N1CCC(O)CC1. The van der Waals surface area contributed by atoms with Crippen molar-refractivity contribution in [2.24, 2.45) is 0 Å². The number of aliphatic hydroxyl groups is 1. The van der Waals surface area contributed by atoms with Gasteiger partial charge in [-0.2, -0.15) is 0 Å². The quantitative estimate of drug-likeness (QED) is 0.645. The predicted molar refractivity (Wildman–Crippen MR) is 103 cm³/mol. The maximum Gasteiger partial charge on any atom is 0.156 e. The van der Waals surface area contributed by atoms with Crippen LogP contribution < -0.4 is 10.2 Å². The summed E-state index contributed by atoms with van der Waals surface area (Å²) in [6, 6.07) is 4.92. The Morgan fingerprint density at radius 1 is 1.30 bits per heavy atom. The van der Waals surface area contributed by atoms with Crippen LogP contribution in [0.25, 0.3) is 11.2 Å². The minimum absolute atomic E-state index is 0.0378. The molecular formula is C20H24FN5O. The number of benzene rings is 1. The molecule has 0 bridgehead atoms. The number of hydrogen-bond acceptors (Lipinski definition) is 5. The third-order valence-corrected chi connectivity index (χ3v) is 5.25. The zero-order valence-corrected chi connectivity index (χ0v) is 15.3. The Bertz CT molecular complexity index is 920. The molecule has 0 radical (unpaired) electrons. The number of fused-ring (bicyclic) bond motifs is 1. The number of H-pyrrole nitrogens is 1. The van der Waals surface area contributed by atoms with E-state index in [2.05, 4.69) is 25.2 Å². The monoisotopic (exact) mass is 369 g/mol. The average molecular weight is 369 g/mol. The van der Waals surface area contributed by atoms with E-state index in [1.54, 1.807) is 18.5 Å². The van der Waals surface area contributed by atoms with Crippen molar-refractivity contribution >= 4 is 16.9 Å². The van der Waals surface area contributed by atoms with Crippen molar-refractivity contribution in [1.82, 2.24) is 20.3 Å². The molecule has 0 aliphatic carbocycles. The number of hydrogen-bond donors (Lipinski definition) is 3. The molecule has 2 aromatic heterocycles. The summed E-state index contributed by atoms with van der Waals surface area (Å²) in [5, 5.41) is 13.2. The smallest absolute Gasteiger partial charge is 0.156 e. The normalized spacial score (nSPS) is 16.8.